The van der Waals surface area contributed by atoms with E-state index >= 15 is 0 Å². The van der Waals surface area contributed by atoms with E-state index in [1.807, 2.05) is 6.92 Å². The third-order valence-corrected chi connectivity index (χ3v) is 0.498. The minimum Gasteiger partial charge on any atom is -0.514 e. The molecule has 3 heteroatoms. The van der Waals surface area contributed by atoms with Crippen molar-refractivity contribution in [2.24, 2.45) is 0 Å². The Labute approximate surface area is 55.5 Å². The van der Waals surface area contributed by atoms with E-state index < -0.39 is 0 Å². The molecule has 44 valence electrons. The van der Waals surface area contributed by atoms with Crippen LogP contribution in [0.15, 0.2) is 0 Å². The summed E-state index contributed by atoms with van der Waals surface area (Å²) in [5.74, 6) is 0. The lowest BCUT2D eigenvalue weighted by Gasteiger charge is -2.02. The third-order valence-electron chi connectivity index (χ3n) is 0.262. The summed E-state index contributed by atoms with van der Waals surface area (Å²) >= 11 is 8.77. The van der Waals surface area contributed by atoms with Gasteiger partial charge in [0.1, 0.15) is 0 Å². The fraction of sp³-hybridized carbons (Fsp3) is 0.750. The monoisotopic (exact) mass is 137 g/mol. The molecule has 0 aromatic rings. The highest BCUT2D eigenvalue weighted by Gasteiger charge is 1.65. The van der Waals surface area contributed by atoms with E-state index in [0.717, 1.165) is 0 Å². The van der Waals surface area contributed by atoms with Gasteiger partial charge >= 0.3 is 0 Å². The normalized spacial score (nSPS) is 6.43. The summed E-state index contributed by atoms with van der Waals surface area (Å²) in [6.07, 6.45) is 0. The molecule has 0 rings (SSSR count). The molecule has 7 heavy (non-hydrogen) atoms. The van der Waals surface area contributed by atoms with E-state index in [2.05, 4.69) is 29.6 Å². The summed E-state index contributed by atoms with van der Waals surface area (Å²) in [6, 6.07) is 0. The van der Waals surface area contributed by atoms with Crippen molar-refractivity contribution in [2.75, 3.05) is 6.61 Å². The molecule has 0 aromatic heterocycles. The molecule has 1 nitrogen and oxygen atoms in total. The summed E-state index contributed by atoms with van der Waals surface area (Å²) in [5, 5.41) is 0. The van der Waals surface area contributed by atoms with E-state index in [4.69, 9.17) is 0 Å². The highest BCUT2D eigenvalue weighted by atomic mass is 32.1. The smallest absolute Gasteiger partial charge is 0.0830 e. The number of rotatable bonds is 1. The Bertz CT molecular complexity index is 53.7. The first-order valence-corrected chi connectivity index (χ1v) is 2.42. The fourth-order valence-electron chi connectivity index (χ4n) is 0.118. The molecule has 0 saturated carbocycles. The molecule has 0 aromatic carbocycles. The topological polar surface area (TPSA) is 9.23 Å². The highest BCUT2D eigenvalue weighted by Crippen LogP contribution is 1.73. The molecule has 0 aliphatic rings. The van der Waals surface area contributed by atoms with Gasteiger partial charge in [-0.3, -0.25) is 0 Å². The van der Waals surface area contributed by atoms with E-state index in [9.17, 15) is 0 Å². The van der Waals surface area contributed by atoms with Crippen LogP contribution in [-0.2, 0) is 17.4 Å². The number of thiocarbonyl (C=S) groups is 1. The molecular formula is C4H9OS2-. The minimum atomic E-state index is 0. The zero-order chi connectivity index (χ0) is 4.99. The van der Waals surface area contributed by atoms with Crippen molar-refractivity contribution in [1.82, 2.24) is 0 Å². The van der Waals surface area contributed by atoms with Gasteiger partial charge in [0.2, 0.25) is 0 Å². The van der Waals surface area contributed by atoms with Crippen molar-refractivity contribution in [3.8, 4) is 0 Å². The standard InChI is InChI=1S/C3H6OS2.CH4/c1-2-4-3(5)6;/h2H2,1H3,(H,5,6);1H4/p-1. The van der Waals surface area contributed by atoms with Crippen LogP contribution < -0.4 is 0 Å². The average Bonchev–Trinajstić information content (AvgIpc) is 1.35. The van der Waals surface area contributed by atoms with Crippen LogP contribution >= 0.6 is 12.2 Å². The molecule has 0 aliphatic heterocycles. The molecule has 0 saturated heterocycles. The molecule has 0 aliphatic carbocycles. The van der Waals surface area contributed by atoms with E-state index in [-0.39, 0.29) is 11.8 Å². The van der Waals surface area contributed by atoms with E-state index in [0.29, 0.717) is 6.61 Å². The van der Waals surface area contributed by atoms with Gasteiger partial charge in [-0.05, 0) is 6.92 Å². The molecule has 0 unspecified atom stereocenters. The van der Waals surface area contributed by atoms with Crippen LogP contribution in [0.1, 0.15) is 14.4 Å². The lowest BCUT2D eigenvalue weighted by Crippen LogP contribution is -1.93. The third kappa shape index (κ3) is 10.7. The Morgan fingerprint density at radius 3 is 2.29 bits per heavy atom. The molecule has 0 amide bonds. The lowest BCUT2D eigenvalue weighted by molar-refractivity contribution is 0.346. The first-order chi connectivity index (χ1) is 2.77. The molecule has 0 fully saturated rings. The van der Waals surface area contributed by atoms with Gasteiger partial charge in [0.25, 0.3) is 0 Å². The van der Waals surface area contributed by atoms with Crippen LogP contribution in [0.5, 0.6) is 0 Å². The van der Waals surface area contributed by atoms with Gasteiger partial charge < -0.3 is 29.6 Å². The van der Waals surface area contributed by atoms with Crippen LogP contribution in [0.25, 0.3) is 0 Å². The number of hydrogen-bond donors (Lipinski definition) is 0. The quantitative estimate of drug-likeness (QED) is 0.400. The molecule has 0 radical (unpaired) electrons. The van der Waals surface area contributed by atoms with Crippen molar-refractivity contribution in [2.45, 2.75) is 14.4 Å². The zero-order valence-corrected chi connectivity index (χ0v) is 5.06. The van der Waals surface area contributed by atoms with E-state index in [1.54, 1.807) is 0 Å². The maximum atomic E-state index is 4.59. The van der Waals surface area contributed by atoms with Gasteiger partial charge in [0, 0.05) is 4.38 Å². The maximum absolute atomic E-state index is 4.59. The molecule has 0 N–H and O–H groups in total. The van der Waals surface area contributed by atoms with Crippen molar-refractivity contribution in [1.29, 1.82) is 0 Å². The molecule has 0 bridgehead atoms. The number of hydrogen-bond acceptors (Lipinski definition) is 3. The first kappa shape index (κ1) is 10.2. The van der Waals surface area contributed by atoms with Crippen LogP contribution in [0.4, 0.5) is 0 Å². The van der Waals surface area contributed by atoms with Crippen LogP contribution in [0, 0.1) is 0 Å². The maximum Gasteiger partial charge on any atom is 0.0830 e. The van der Waals surface area contributed by atoms with Crippen LogP contribution in [0.2, 0.25) is 0 Å². The van der Waals surface area contributed by atoms with Gasteiger partial charge in [-0.25, -0.2) is 0 Å². The summed E-state index contributed by atoms with van der Waals surface area (Å²) in [7, 11) is 0. The minimum absolute atomic E-state index is 0. The van der Waals surface area contributed by atoms with Gasteiger partial charge in [-0.2, -0.15) is 0 Å². The summed E-state index contributed by atoms with van der Waals surface area (Å²) in [4.78, 5) is 0. The second-order valence-electron chi connectivity index (χ2n) is 0.683. The summed E-state index contributed by atoms with van der Waals surface area (Å²) in [6.45, 7) is 2.43. The second-order valence-corrected chi connectivity index (χ2v) is 1.68. The zero-order valence-electron chi connectivity index (χ0n) is 3.43. The van der Waals surface area contributed by atoms with Gasteiger partial charge in [0.15, 0.2) is 0 Å². The van der Waals surface area contributed by atoms with Gasteiger partial charge in [0.05, 0.1) is 6.61 Å². The molecular weight excluding hydrogens is 128 g/mol. The van der Waals surface area contributed by atoms with E-state index in [1.165, 1.54) is 0 Å². The Hall–Kier alpha value is 0.110. The second kappa shape index (κ2) is 6.11. The van der Waals surface area contributed by atoms with Crippen LogP contribution in [-0.4, -0.2) is 11.0 Å². The van der Waals surface area contributed by atoms with Gasteiger partial charge in [-0.15, -0.1) is 0 Å². The Balaban J connectivity index is 0. The highest BCUT2D eigenvalue weighted by molar-refractivity contribution is 7.99. The van der Waals surface area contributed by atoms with Crippen molar-refractivity contribution < 1.29 is 4.74 Å². The Morgan fingerprint density at radius 1 is 1.86 bits per heavy atom. The predicted octanol–water partition coefficient (Wildman–Crippen LogP) is 1.49. The summed E-state index contributed by atoms with van der Waals surface area (Å²) < 4.78 is 4.79. The molecule has 0 spiro atoms. The van der Waals surface area contributed by atoms with Crippen LogP contribution in [0.3, 0.4) is 0 Å². The summed E-state index contributed by atoms with van der Waals surface area (Å²) in [5.41, 5.74) is 0. The average molecular weight is 137 g/mol. The van der Waals surface area contributed by atoms with Crippen molar-refractivity contribution >= 4 is 29.2 Å². The van der Waals surface area contributed by atoms with Crippen molar-refractivity contribution in [3.05, 3.63) is 0 Å². The van der Waals surface area contributed by atoms with Gasteiger partial charge in [-0.1, -0.05) is 7.43 Å². The predicted molar refractivity (Wildman–Crippen MR) is 38.3 cm³/mol. The Kier molecular flexibility index (Phi) is 8.87. The first-order valence-electron chi connectivity index (χ1n) is 1.61. The van der Waals surface area contributed by atoms with Crippen molar-refractivity contribution in [3.63, 3.8) is 0 Å². The largest absolute Gasteiger partial charge is 0.514 e. The lowest BCUT2D eigenvalue weighted by atomic mass is 10.9. The molecule has 0 atom stereocenters. The molecule has 0 heterocycles. The number of ether oxygens (including phenoxy) is 1. The Morgan fingerprint density at radius 2 is 2.29 bits per heavy atom. The fourth-order valence-corrected chi connectivity index (χ4v) is 0.354. The SMILES string of the molecule is C.CCOC(=S)[S-].